The quantitative estimate of drug-likeness (QED) is 0.574. The molecule has 1 aromatic rings. The number of aromatic hydroxyl groups is 1. The number of carboxylic acids is 1. The van der Waals surface area contributed by atoms with Crippen molar-refractivity contribution in [3.63, 3.8) is 0 Å². The number of phenols is 1. The van der Waals surface area contributed by atoms with Crippen molar-refractivity contribution in [2.75, 3.05) is 0 Å². The van der Waals surface area contributed by atoms with Crippen molar-refractivity contribution in [3.8, 4) is 5.75 Å². The molecule has 8 heteroatoms. The normalized spacial score (nSPS) is 13.6. The number of hydrogen-bond donors (Lipinski definition) is 4. The first-order valence-electron chi connectivity index (χ1n) is 8.69. The van der Waals surface area contributed by atoms with E-state index in [2.05, 4.69) is 10.6 Å². The van der Waals surface area contributed by atoms with E-state index in [1.165, 1.54) is 12.1 Å². The largest absolute Gasteiger partial charge is 0.508 e. The van der Waals surface area contributed by atoms with Gasteiger partial charge in [-0.2, -0.15) is 0 Å². The van der Waals surface area contributed by atoms with E-state index in [1.54, 1.807) is 46.8 Å². The Bertz CT molecular complexity index is 681. The number of amides is 2. The number of nitrogens with one attached hydrogen (secondary N) is 2. The number of carbonyl (C=O) groups excluding carboxylic acids is 2. The Kier molecular flexibility index (Phi) is 7.63. The van der Waals surface area contributed by atoms with Crippen LogP contribution in [0.25, 0.3) is 0 Å². The third-order valence-corrected chi connectivity index (χ3v) is 3.59. The van der Waals surface area contributed by atoms with Gasteiger partial charge in [0.25, 0.3) is 0 Å². The summed E-state index contributed by atoms with van der Waals surface area (Å²) in [5, 5.41) is 23.8. The average Bonchev–Trinajstić information content (AvgIpc) is 2.49. The molecule has 0 unspecified atom stereocenters. The van der Waals surface area contributed by atoms with Gasteiger partial charge in [-0.1, -0.05) is 26.0 Å². The van der Waals surface area contributed by atoms with Gasteiger partial charge in [0.05, 0.1) is 0 Å². The number of alkyl carbamates (subject to hydrolysis) is 1. The van der Waals surface area contributed by atoms with Crippen molar-refractivity contribution in [2.45, 2.75) is 58.7 Å². The molecule has 2 amide bonds. The van der Waals surface area contributed by atoms with Gasteiger partial charge in [0.2, 0.25) is 5.91 Å². The fraction of sp³-hybridized carbons (Fsp3) is 0.526. The maximum Gasteiger partial charge on any atom is 0.408 e. The van der Waals surface area contributed by atoms with Crippen LogP contribution in [-0.4, -0.2) is 45.9 Å². The molecule has 0 fully saturated rings. The number of carbonyl (C=O) groups is 3. The van der Waals surface area contributed by atoms with Crippen molar-refractivity contribution < 1.29 is 29.3 Å². The maximum absolute atomic E-state index is 12.6. The van der Waals surface area contributed by atoms with Crippen LogP contribution in [0.1, 0.15) is 40.2 Å². The molecule has 150 valence electrons. The Morgan fingerprint density at radius 3 is 2.26 bits per heavy atom. The lowest BCUT2D eigenvalue weighted by Crippen LogP contribution is -2.54. The highest BCUT2D eigenvalue weighted by Crippen LogP contribution is 2.13. The van der Waals surface area contributed by atoms with Gasteiger partial charge in [-0.25, -0.2) is 9.59 Å². The molecule has 1 rings (SSSR count). The number of aliphatic carboxylic acids is 1. The van der Waals surface area contributed by atoms with Gasteiger partial charge in [0.1, 0.15) is 23.4 Å². The number of ether oxygens (including phenoxy) is 1. The standard InChI is InChI=1S/C19H28N2O6/c1-11(2)15(21-18(26)27-19(3,4)5)16(23)20-14(17(24)25)10-12-7-6-8-13(22)9-12/h6-9,11,14-15,22H,10H2,1-5H3,(H,20,23)(H,21,26)(H,24,25)/t14-,15-/m0/s1. The lowest BCUT2D eigenvalue weighted by molar-refractivity contribution is -0.142. The molecule has 0 saturated heterocycles. The summed E-state index contributed by atoms with van der Waals surface area (Å²) in [7, 11) is 0. The van der Waals surface area contributed by atoms with E-state index in [1.807, 2.05) is 0 Å². The minimum Gasteiger partial charge on any atom is -0.508 e. The fourth-order valence-electron chi connectivity index (χ4n) is 2.35. The van der Waals surface area contributed by atoms with Gasteiger partial charge >= 0.3 is 12.1 Å². The summed E-state index contributed by atoms with van der Waals surface area (Å²) < 4.78 is 5.16. The van der Waals surface area contributed by atoms with Gasteiger partial charge in [0.15, 0.2) is 0 Å². The van der Waals surface area contributed by atoms with Crippen molar-refractivity contribution in [1.82, 2.24) is 10.6 Å². The summed E-state index contributed by atoms with van der Waals surface area (Å²) in [6.07, 6.45) is -0.761. The molecule has 0 aromatic heterocycles. The number of carboxylic acid groups (broad SMARTS) is 1. The highest BCUT2D eigenvalue weighted by molar-refractivity contribution is 5.89. The second-order valence-electron chi connectivity index (χ2n) is 7.64. The molecule has 2 atom stereocenters. The molecule has 0 aliphatic heterocycles. The molecule has 0 bridgehead atoms. The molecule has 0 heterocycles. The van der Waals surface area contributed by atoms with Crippen LogP contribution in [0.3, 0.4) is 0 Å². The second-order valence-corrected chi connectivity index (χ2v) is 7.64. The van der Waals surface area contributed by atoms with Crippen LogP contribution in [-0.2, 0) is 20.7 Å². The van der Waals surface area contributed by atoms with Crippen molar-refractivity contribution in [3.05, 3.63) is 29.8 Å². The summed E-state index contributed by atoms with van der Waals surface area (Å²) in [6.45, 7) is 8.56. The summed E-state index contributed by atoms with van der Waals surface area (Å²) in [4.78, 5) is 36.1. The smallest absolute Gasteiger partial charge is 0.408 e. The van der Waals surface area contributed by atoms with Gasteiger partial charge in [-0.15, -0.1) is 0 Å². The van der Waals surface area contributed by atoms with Gasteiger partial charge in [-0.3, -0.25) is 4.79 Å². The van der Waals surface area contributed by atoms with E-state index in [9.17, 15) is 24.6 Å². The predicted molar refractivity (Wildman–Crippen MR) is 99.4 cm³/mol. The zero-order chi connectivity index (χ0) is 20.8. The molecule has 27 heavy (non-hydrogen) atoms. The molecule has 0 aliphatic carbocycles. The first kappa shape index (κ1) is 22.3. The van der Waals surface area contributed by atoms with Crippen LogP contribution in [0, 0.1) is 5.92 Å². The van der Waals surface area contributed by atoms with Gasteiger partial charge < -0.3 is 25.6 Å². The van der Waals surface area contributed by atoms with Crippen LogP contribution in [0.5, 0.6) is 5.75 Å². The molecule has 1 aromatic carbocycles. The SMILES string of the molecule is CC(C)[C@H](NC(=O)OC(C)(C)C)C(=O)N[C@@H](Cc1cccc(O)c1)C(=O)O. The van der Waals surface area contributed by atoms with Crippen LogP contribution in [0.2, 0.25) is 0 Å². The third-order valence-electron chi connectivity index (χ3n) is 3.59. The van der Waals surface area contributed by atoms with Crippen LogP contribution < -0.4 is 10.6 Å². The van der Waals surface area contributed by atoms with E-state index in [4.69, 9.17) is 4.74 Å². The van der Waals surface area contributed by atoms with E-state index in [0.717, 1.165) is 0 Å². The molecule has 0 saturated carbocycles. The molecular formula is C19H28N2O6. The number of phenolic OH excluding ortho intramolecular Hbond substituents is 1. The Balaban J connectivity index is 2.84. The molecule has 0 spiro atoms. The van der Waals surface area contributed by atoms with E-state index < -0.39 is 35.7 Å². The topological polar surface area (TPSA) is 125 Å². The Hall–Kier alpha value is -2.77. The zero-order valence-corrected chi connectivity index (χ0v) is 16.3. The highest BCUT2D eigenvalue weighted by atomic mass is 16.6. The predicted octanol–water partition coefficient (Wildman–Crippen LogP) is 2.05. The summed E-state index contributed by atoms with van der Waals surface area (Å²) in [5.74, 6) is -2.11. The average molecular weight is 380 g/mol. The van der Waals surface area contributed by atoms with Crippen LogP contribution in [0.4, 0.5) is 4.79 Å². The molecule has 0 aliphatic rings. The maximum atomic E-state index is 12.6. The Morgan fingerprint density at radius 1 is 1.15 bits per heavy atom. The fourth-order valence-corrected chi connectivity index (χ4v) is 2.35. The molecule has 0 radical (unpaired) electrons. The third kappa shape index (κ3) is 7.98. The van der Waals surface area contributed by atoms with Crippen molar-refractivity contribution in [2.24, 2.45) is 5.92 Å². The second kappa shape index (κ2) is 9.25. The first-order valence-corrected chi connectivity index (χ1v) is 8.69. The Morgan fingerprint density at radius 2 is 1.78 bits per heavy atom. The molecule has 8 nitrogen and oxygen atoms in total. The summed E-state index contributed by atoms with van der Waals surface area (Å²) >= 11 is 0. The Labute approximate surface area is 158 Å². The van der Waals surface area contributed by atoms with E-state index >= 15 is 0 Å². The van der Waals surface area contributed by atoms with Crippen LogP contribution in [0.15, 0.2) is 24.3 Å². The summed E-state index contributed by atoms with van der Waals surface area (Å²) in [6, 6.07) is 3.98. The van der Waals surface area contributed by atoms with Crippen LogP contribution >= 0.6 is 0 Å². The highest BCUT2D eigenvalue weighted by Gasteiger charge is 2.30. The lowest BCUT2D eigenvalue weighted by Gasteiger charge is -2.26. The van der Waals surface area contributed by atoms with Crippen molar-refractivity contribution >= 4 is 18.0 Å². The summed E-state index contributed by atoms with van der Waals surface area (Å²) in [5.41, 5.74) is -0.162. The number of hydrogen-bond acceptors (Lipinski definition) is 5. The minimum atomic E-state index is -1.22. The molecule has 4 N–H and O–H groups in total. The van der Waals surface area contributed by atoms with Crippen molar-refractivity contribution in [1.29, 1.82) is 0 Å². The minimum absolute atomic E-state index is 0.00722. The zero-order valence-electron chi connectivity index (χ0n) is 16.3. The lowest BCUT2D eigenvalue weighted by atomic mass is 10.0. The number of benzene rings is 1. The van der Waals surface area contributed by atoms with Gasteiger partial charge in [0, 0.05) is 6.42 Å². The van der Waals surface area contributed by atoms with E-state index in [-0.39, 0.29) is 18.1 Å². The number of rotatable bonds is 7. The van der Waals surface area contributed by atoms with E-state index in [0.29, 0.717) is 5.56 Å². The first-order chi connectivity index (χ1) is 12.4. The van der Waals surface area contributed by atoms with Gasteiger partial charge in [-0.05, 0) is 44.4 Å². The monoisotopic (exact) mass is 380 g/mol. The molecular weight excluding hydrogens is 352 g/mol.